The minimum absolute atomic E-state index is 0.279. The smallest absolute Gasteiger partial charge is 0.417 e. The highest BCUT2D eigenvalue weighted by Gasteiger charge is 2.25. The van der Waals surface area contributed by atoms with Gasteiger partial charge in [-0.1, -0.05) is 6.08 Å². The number of allylic oxidation sites excluding steroid dienone is 1. The van der Waals surface area contributed by atoms with Crippen molar-refractivity contribution in [3.8, 4) is 0 Å². The first-order chi connectivity index (χ1) is 6.93. The molecule has 0 aliphatic carbocycles. The molecule has 0 rings (SSSR count). The van der Waals surface area contributed by atoms with Crippen LogP contribution in [0.1, 0.15) is 13.8 Å². The van der Waals surface area contributed by atoms with E-state index in [4.69, 9.17) is 5.11 Å². The molecule has 84 valence electrons. The molecule has 0 bridgehead atoms. The number of methoxy groups -OCH3 is 1. The van der Waals surface area contributed by atoms with Crippen LogP contribution < -0.4 is 0 Å². The molecule has 6 heteroatoms. The normalized spacial score (nSPS) is 10.7. The summed E-state index contributed by atoms with van der Waals surface area (Å²) >= 11 is 0. The molecule has 0 radical (unpaired) electrons. The van der Waals surface area contributed by atoms with Crippen LogP contribution in [0.4, 0.5) is 4.79 Å². The maximum Gasteiger partial charge on any atom is 0.417 e. The summed E-state index contributed by atoms with van der Waals surface area (Å²) in [5, 5.41) is 8.51. The van der Waals surface area contributed by atoms with E-state index in [0.717, 1.165) is 7.11 Å². The minimum atomic E-state index is -1.28. The van der Waals surface area contributed by atoms with Crippen molar-refractivity contribution in [3.05, 3.63) is 11.6 Å². The molecule has 0 aromatic heterocycles. The molecule has 0 fully saturated rings. The van der Waals surface area contributed by atoms with Gasteiger partial charge in [0.15, 0.2) is 0 Å². The maximum atomic E-state index is 11.5. The number of hydrogen-bond acceptors (Lipinski definition) is 4. The second-order valence-electron chi connectivity index (χ2n) is 2.73. The van der Waals surface area contributed by atoms with Crippen LogP contribution in [0, 0.1) is 0 Å². The van der Waals surface area contributed by atoms with E-state index in [0.29, 0.717) is 4.90 Å². The molecule has 2 amide bonds. The largest absolute Gasteiger partial charge is 0.480 e. The summed E-state index contributed by atoms with van der Waals surface area (Å²) in [6.07, 6.45) is 0.503. The molecule has 0 heterocycles. The van der Waals surface area contributed by atoms with Crippen molar-refractivity contribution >= 4 is 18.0 Å². The van der Waals surface area contributed by atoms with Gasteiger partial charge in [-0.3, -0.25) is 9.59 Å². The molecule has 0 aliphatic heterocycles. The van der Waals surface area contributed by atoms with Gasteiger partial charge in [-0.25, -0.2) is 9.69 Å². The lowest BCUT2D eigenvalue weighted by Crippen LogP contribution is -2.40. The Bertz CT molecular complexity index is 308. The Hall–Kier alpha value is -1.85. The number of imide groups is 1. The number of rotatable bonds is 3. The van der Waals surface area contributed by atoms with Crippen LogP contribution in [0.5, 0.6) is 0 Å². The summed E-state index contributed by atoms with van der Waals surface area (Å²) in [6, 6.07) is 0. The fraction of sp³-hybridized carbons (Fsp3) is 0.444. The van der Waals surface area contributed by atoms with Crippen LogP contribution in [0.2, 0.25) is 0 Å². The average Bonchev–Trinajstić information content (AvgIpc) is 2.22. The SMILES string of the molecule is C/C=C(\C)C(=O)N(CC(=O)O)C(=O)OC. The van der Waals surface area contributed by atoms with Crippen LogP contribution in [0.3, 0.4) is 0 Å². The first kappa shape index (κ1) is 13.2. The zero-order valence-corrected chi connectivity index (χ0v) is 8.81. The second-order valence-corrected chi connectivity index (χ2v) is 2.73. The predicted molar refractivity (Wildman–Crippen MR) is 51.2 cm³/mol. The summed E-state index contributed by atoms with van der Waals surface area (Å²) < 4.78 is 4.30. The Morgan fingerprint density at radius 2 is 1.93 bits per heavy atom. The highest BCUT2D eigenvalue weighted by Crippen LogP contribution is 2.03. The molecular weight excluding hydrogens is 202 g/mol. The highest BCUT2D eigenvalue weighted by atomic mass is 16.5. The first-order valence-electron chi connectivity index (χ1n) is 4.18. The van der Waals surface area contributed by atoms with Gasteiger partial charge in [0.25, 0.3) is 5.91 Å². The third kappa shape index (κ3) is 3.80. The number of carboxylic acids is 1. The molecule has 0 saturated carbocycles. The Morgan fingerprint density at radius 3 is 2.27 bits per heavy atom. The summed E-state index contributed by atoms with van der Waals surface area (Å²) in [4.78, 5) is 33.6. The monoisotopic (exact) mass is 215 g/mol. The van der Waals surface area contributed by atoms with E-state index in [-0.39, 0.29) is 5.57 Å². The van der Waals surface area contributed by atoms with Crippen molar-refractivity contribution in [3.63, 3.8) is 0 Å². The molecule has 0 saturated heterocycles. The van der Waals surface area contributed by atoms with Crippen LogP contribution in [-0.2, 0) is 14.3 Å². The number of amides is 2. The van der Waals surface area contributed by atoms with Gasteiger partial charge >= 0.3 is 12.1 Å². The maximum absolute atomic E-state index is 11.5. The lowest BCUT2D eigenvalue weighted by Gasteiger charge is -2.17. The summed E-state index contributed by atoms with van der Waals surface area (Å²) in [6.45, 7) is 2.39. The molecule has 0 aromatic rings. The number of carbonyl (C=O) groups excluding carboxylic acids is 2. The van der Waals surface area contributed by atoms with Crippen molar-refractivity contribution in [1.29, 1.82) is 0 Å². The fourth-order valence-corrected chi connectivity index (χ4v) is 0.801. The molecule has 0 unspecified atom stereocenters. The van der Waals surface area contributed by atoms with E-state index in [1.54, 1.807) is 6.92 Å². The number of ether oxygens (including phenoxy) is 1. The Balaban J connectivity index is 4.86. The Labute approximate surface area is 87.1 Å². The van der Waals surface area contributed by atoms with Gasteiger partial charge in [0, 0.05) is 5.57 Å². The Morgan fingerprint density at radius 1 is 1.40 bits per heavy atom. The number of hydrogen-bond donors (Lipinski definition) is 1. The van der Waals surface area contributed by atoms with E-state index >= 15 is 0 Å². The standard InChI is InChI=1S/C9H13NO5/c1-4-6(2)8(13)10(5-7(11)12)9(14)15-3/h4H,5H2,1-3H3,(H,11,12)/b6-4+. The lowest BCUT2D eigenvalue weighted by atomic mass is 10.2. The number of carbonyl (C=O) groups is 3. The highest BCUT2D eigenvalue weighted by molar-refractivity contribution is 6.03. The molecule has 1 N–H and O–H groups in total. The van der Waals surface area contributed by atoms with Gasteiger partial charge < -0.3 is 9.84 Å². The van der Waals surface area contributed by atoms with Crippen LogP contribution in [-0.4, -0.2) is 41.6 Å². The quantitative estimate of drug-likeness (QED) is 0.698. The van der Waals surface area contributed by atoms with Gasteiger partial charge in [0.05, 0.1) is 7.11 Å². The molecule has 0 atom stereocenters. The van der Waals surface area contributed by atoms with Crippen LogP contribution in [0.15, 0.2) is 11.6 Å². The number of nitrogens with zero attached hydrogens (tertiary/aromatic N) is 1. The van der Waals surface area contributed by atoms with Crippen molar-refractivity contribution < 1.29 is 24.2 Å². The molecular formula is C9H13NO5. The fourth-order valence-electron chi connectivity index (χ4n) is 0.801. The van der Waals surface area contributed by atoms with E-state index in [9.17, 15) is 14.4 Å². The van der Waals surface area contributed by atoms with Gasteiger partial charge in [-0.05, 0) is 13.8 Å². The predicted octanol–water partition coefficient (Wildman–Crippen LogP) is 0.632. The zero-order chi connectivity index (χ0) is 12.0. The zero-order valence-electron chi connectivity index (χ0n) is 8.81. The van der Waals surface area contributed by atoms with Crippen molar-refractivity contribution in [2.24, 2.45) is 0 Å². The first-order valence-corrected chi connectivity index (χ1v) is 4.18. The summed E-state index contributed by atoms with van der Waals surface area (Å²) in [5.41, 5.74) is 0.279. The van der Waals surface area contributed by atoms with Crippen molar-refractivity contribution in [2.45, 2.75) is 13.8 Å². The number of carboxylic acid groups (broad SMARTS) is 1. The summed E-state index contributed by atoms with van der Waals surface area (Å²) in [7, 11) is 1.08. The van der Waals surface area contributed by atoms with E-state index in [1.807, 2.05) is 0 Å². The van der Waals surface area contributed by atoms with Crippen LogP contribution >= 0.6 is 0 Å². The Kier molecular flexibility index (Phi) is 5.08. The lowest BCUT2D eigenvalue weighted by molar-refractivity contribution is -0.141. The van der Waals surface area contributed by atoms with Gasteiger partial charge in [0.2, 0.25) is 0 Å². The van der Waals surface area contributed by atoms with Crippen molar-refractivity contribution in [1.82, 2.24) is 4.90 Å². The van der Waals surface area contributed by atoms with E-state index in [2.05, 4.69) is 4.74 Å². The van der Waals surface area contributed by atoms with Gasteiger partial charge in [-0.15, -0.1) is 0 Å². The van der Waals surface area contributed by atoms with Gasteiger partial charge in [-0.2, -0.15) is 0 Å². The third-order valence-corrected chi connectivity index (χ3v) is 1.70. The summed E-state index contributed by atoms with van der Waals surface area (Å²) in [5.74, 6) is -1.95. The van der Waals surface area contributed by atoms with E-state index < -0.39 is 24.5 Å². The van der Waals surface area contributed by atoms with Crippen LogP contribution in [0.25, 0.3) is 0 Å². The molecule has 0 aliphatic rings. The average molecular weight is 215 g/mol. The second kappa shape index (κ2) is 5.79. The molecule has 15 heavy (non-hydrogen) atoms. The molecule has 0 aromatic carbocycles. The molecule has 6 nitrogen and oxygen atoms in total. The van der Waals surface area contributed by atoms with Gasteiger partial charge in [0.1, 0.15) is 6.54 Å². The number of aliphatic carboxylic acids is 1. The van der Waals surface area contributed by atoms with E-state index in [1.165, 1.54) is 13.0 Å². The third-order valence-electron chi connectivity index (χ3n) is 1.70. The van der Waals surface area contributed by atoms with Crippen molar-refractivity contribution in [2.75, 3.05) is 13.7 Å². The molecule has 0 spiro atoms. The topological polar surface area (TPSA) is 83.9 Å². The minimum Gasteiger partial charge on any atom is -0.480 e.